The number of benzene rings is 3. The lowest BCUT2D eigenvalue weighted by atomic mass is 10.1. The van der Waals surface area contributed by atoms with Crippen LogP contribution in [0.1, 0.15) is 10.4 Å². The number of methoxy groups -OCH3 is 1. The number of ether oxygens (including phenoxy) is 2. The van der Waals surface area contributed by atoms with Gasteiger partial charge in [-0.1, -0.05) is 36.4 Å². The van der Waals surface area contributed by atoms with E-state index in [9.17, 15) is 9.59 Å². The zero-order chi connectivity index (χ0) is 22.8. The highest BCUT2D eigenvalue weighted by Crippen LogP contribution is 2.27. The van der Waals surface area contributed by atoms with Crippen molar-refractivity contribution in [2.24, 2.45) is 0 Å². The van der Waals surface area contributed by atoms with Crippen LogP contribution in [0.5, 0.6) is 11.5 Å². The first-order valence-corrected chi connectivity index (χ1v) is 10.3. The van der Waals surface area contributed by atoms with Gasteiger partial charge in [-0.25, -0.2) is 4.79 Å². The van der Waals surface area contributed by atoms with E-state index in [-0.39, 0.29) is 16.8 Å². The van der Waals surface area contributed by atoms with Gasteiger partial charge in [0.15, 0.2) is 0 Å². The smallest absolute Gasteiger partial charge is 0.341 e. The molecule has 33 heavy (non-hydrogen) atoms. The van der Waals surface area contributed by atoms with Crippen molar-refractivity contribution in [2.45, 2.75) is 0 Å². The van der Waals surface area contributed by atoms with Crippen molar-refractivity contribution in [3.63, 3.8) is 0 Å². The monoisotopic (exact) mass is 437 g/mol. The average molecular weight is 437 g/mol. The Bertz CT molecular complexity index is 1440. The van der Waals surface area contributed by atoms with Crippen LogP contribution >= 0.6 is 0 Å². The van der Waals surface area contributed by atoms with E-state index in [0.717, 1.165) is 11.4 Å². The zero-order valence-electron chi connectivity index (χ0n) is 17.7. The summed E-state index contributed by atoms with van der Waals surface area (Å²) in [5.41, 5.74) is 1.84. The van der Waals surface area contributed by atoms with Crippen LogP contribution in [0.4, 0.5) is 0 Å². The summed E-state index contributed by atoms with van der Waals surface area (Å²) < 4.78 is 13.8. The van der Waals surface area contributed by atoms with E-state index in [0.29, 0.717) is 17.0 Å². The molecule has 0 radical (unpaired) electrons. The molecule has 5 rings (SSSR count). The van der Waals surface area contributed by atoms with Crippen molar-refractivity contribution < 1.29 is 14.3 Å². The fourth-order valence-electron chi connectivity index (χ4n) is 3.57. The Kier molecular flexibility index (Phi) is 5.20. The standard InChI is InChI=1S/C26H19N3O4/c1-32-26(31)23-17-28(18-12-14-21(15-13-18)33-20-10-6-3-7-11-20)16-22-24(23)27-29(25(22)30)19-8-4-2-5-9-19/h2-17H,1H3. The molecule has 0 bridgehead atoms. The third kappa shape index (κ3) is 3.87. The van der Waals surface area contributed by atoms with Gasteiger partial charge in [-0.05, 0) is 48.5 Å². The number of fused-ring (bicyclic) bond motifs is 1. The quantitative estimate of drug-likeness (QED) is 0.372. The minimum atomic E-state index is -0.573. The van der Waals surface area contributed by atoms with Crippen LogP contribution in [-0.4, -0.2) is 27.4 Å². The molecule has 7 heteroatoms. The summed E-state index contributed by atoms with van der Waals surface area (Å²) in [5, 5.41) is 4.42. The molecule has 0 fully saturated rings. The van der Waals surface area contributed by atoms with Crippen LogP contribution in [0.25, 0.3) is 22.6 Å². The van der Waals surface area contributed by atoms with Gasteiger partial charge < -0.3 is 14.0 Å². The SMILES string of the molecule is COC(=O)c1cn(-c2ccc(Oc3ccccc3)cc2)cc2c(=O)n(-c3ccccc3)nc1-2. The van der Waals surface area contributed by atoms with E-state index >= 15 is 0 Å². The third-order valence-corrected chi connectivity index (χ3v) is 5.19. The number of aromatic nitrogens is 3. The second-order valence-corrected chi connectivity index (χ2v) is 7.29. The van der Waals surface area contributed by atoms with Gasteiger partial charge in [-0.15, -0.1) is 0 Å². The Morgan fingerprint density at radius 1 is 0.788 bits per heavy atom. The molecule has 162 valence electrons. The lowest BCUT2D eigenvalue weighted by Gasteiger charge is -2.12. The Balaban J connectivity index is 1.58. The van der Waals surface area contributed by atoms with Gasteiger partial charge >= 0.3 is 5.97 Å². The molecule has 0 saturated heterocycles. The summed E-state index contributed by atoms with van der Waals surface area (Å²) in [7, 11) is 1.30. The highest BCUT2D eigenvalue weighted by Gasteiger charge is 2.25. The van der Waals surface area contributed by atoms with Crippen LogP contribution < -0.4 is 10.3 Å². The molecule has 0 aliphatic carbocycles. The summed E-state index contributed by atoms with van der Waals surface area (Å²) in [5.74, 6) is 0.828. The molecule has 0 aromatic heterocycles. The molecule has 7 nitrogen and oxygen atoms in total. The lowest BCUT2D eigenvalue weighted by Crippen LogP contribution is -2.15. The second kappa shape index (κ2) is 8.47. The average Bonchev–Trinajstić information content (AvgIpc) is 3.21. The molecular formula is C26H19N3O4. The van der Waals surface area contributed by atoms with Crippen LogP contribution in [0.3, 0.4) is 0 Å². The summed E-state index contributed by atoms with van der Waals surface area (Å²) in [6, 6.07) is 25.9. The molecule has 0 spiro atoms. The molecule has 2 aliphatic heterocycles. The van der Waals surface area contributed by atoms with E-state index in [1.165, 1.54) is 11.8 Å². The van der Waals surface area contributed by atoms with Crippen LogP contribution in [0.2, 0.25) is 0 Å². The van der Waals surface area contributed by atoms with Gasteiger partial charge in [0, 0.05) is 18.1 Å². The lowest BCUT2D eigenvalue weighted by molar-refractivity contribution is 0.0600. The van der Waals surface area contributed by atoms with Gasteiger partial charge in [-0.2, -0.15) is 9.78 Å². The maximum Gasteiger partial charge on any atom is 0.341 e. The molecule has 2 heterocycles. The second-order valence-electron chi connectivity index (χ2n) is 7.29. The fraction of sp³-hybridized carbons (Fsp3) is 0.0385. The van der Waals surface area contributed by atoms with Crippen molar-refractivity contribution in [1.29, 1.82) is 0 Å². The van der Waals surface area contributed by atoms with Gasteiger partial charge in [0.1, 0.15) is 22.8 Å². The third-order valence-electron chi connectivity index (χ3n) is 5.19. The van der Waals surface area contributed by atoms with E-state index in [1.807, 2.05) is 72.8 Å². The van der Waals surface area contributed by atoms with Crippen LogP contribution in [0, 0.1) is 0 Å². The minimum Gasteiger partial charge on any atom is -0.465 e. The molecular weight excluding hydrogens is 418 g/mol. The summed E-state index contributed by atoms with van der Waals surface area (Å²) in [4.78, 5) is 25.7. The van der Waals surface area contributed by atoms with Crippen molar-refractivity contribution in [2.75, 3.05) is 7.11 Å². The van der Waals surface area contributed by atoms with E-state index in [1.54, 1.807) is 29.1 Å². The molecule has 2 aliphatic rings. The van der Waals surface area contributed by atoms with Crippen molar-refractivity contribution in [1.82, 2.24) is 14.3 Å². The van der Waals surface area contributed by atoms with Crippen LogP contribution in [-0.2, 0) is 4.74 Å². The van der Waals surface area contributed by atoms with E-state index in [4.69, 9.17) is 9.47 Å². The maximum atomic E-state index is 13.1. The number of carbonyl (C=O) groups excluding carboxylic acids is 1. The molecule has 3 aromatic carbocycles. The van der Waals surface area contributed by atoms with Crippen molar-refractivity contribution in [3.8, 4) is 34.1 Å². The van der Waals surface area contributed by atoms with Gasteiger partial charge in [0.25, 0.3) is 5.56 Å². The van der Waals surface area contributed by atoms with E-state index < -0.39 is 5.97 Å². The first-order chi connectivity index (χ1) is 16.1. The van der Waals surface area contributed by atoms with Crippen molar-refractivity contribution >= 4 is 5.97 Å². The molecule has 0 saturated carbocycles. The molecule has 3 aromatic rings. The van der Waals surface area contributed by atoms with Gasteiger partial charge in [-0.3, -0.25) is 4.79 Å². The number of nitrogens with zero attached hydrogens (tertiary/aromatic N) is 3. The first-order valence-electron chi connectivity index (χ1n) is 10.3. The van der Waals surface area contributed by atoms with Gasteiger partial charge in [0.05, 0.1) is 18.4 Å². The summed E-state index contributed by atoms with van der Waals surface area (Å²) in [6.45, 7) is 0. The Morgan fingerprint density at radius 2 is 1.42 bits per heavy atom. The minimum absolute atomic E-state index is 0.200. The number of carbonyl (C=O) groups is 1. The summed E-state index contributed by atoms with van der Waals surface area (Å²) in [6.07, 6.45) is 3.28. The number of hydrogen-bond donors (Lipinski definition) is 0. The molecule has 0 N–H and O–H groups in total. The first kappa shape index (κ1) is 20.3. The number of rotatable bonds is 5. The molecule has 0 unspecified atom stereocenters. The topological polar surface area (TPSA) is 75.3 Å². The molecule has 0 atom stereocenters. The van der Waals surface area contributed by atoms with Crippen LogP contribution in [0.15, 0.2) is 102 Å². The van der Waals surface area contributed by atoms with Crippen molar-refractivity contribution in [3.05, 3.63) is 113 Å². The predicted octanol–water partition coefficient (Wildman–Crippen LogP) is 4.71. The predicted molar refractivity (Wildman–Crippen MR) is 124 cm³/mol. The maximum absolute atomic E-state index is 13.1. The summed E-state index contributed by atoms with van der Waals surface area (Å²) >= 11 is 0. The number of hydrogen-bond acceptors (Lipinski definition) is 5. The van der Waals surface area contributed by atoms with E-state index in [2.05, 4.69) is 5.10 Å². The Hall–Kier alpha value is -4.65. The Morgan fingerprint density at radius 3 is 2.09 bits per heavy atom. The number of para-hydroxylation sites is 2. The highest BCUT2D eigenvalue weighted by molar-refractivity contribution is 5.96. The number of esters is 1. The Labute approximate surface area is 189 Å². The highest BCUT2D eigenvalue weighted by atomic mass is 16.5. The zero-order valence-corrected chi connectivity index (χ0v) is 17.7. The van der Waals surface area contributed by atoms with Gasteiger partial charge in [0.2, 0.25) is 0 Å². The largest absolute Gasteiger partial charge is 0.465 e. The number of pyridine rings is 1. The normalized spacial score (nSPS) is 10.8. The molecule has 0 amide bonds. The fourth-order valence-corrected chi connectivity index (χ4v) is 3.57.